The Morgan fingerprint density at radius 2 is 1.87 bits per heavy atom. The van der Waals surface area contributed by atoms with Crippen molar-refractivity contribution in [3.8, 4) is 0 Å². The molecule has 156 valence electrons. The summed E-state index contributed by atoms with van der Waals surface area (Å²) in [5.74, 6) is 0.876. The Labute approximate surface area is 181 Å². The minimum atomic E-state index is -0.183. The van der Waals surface area contributed by atoms with E-state index in [4.69, 9.17) is 4.74 Å². The van der Waals surface area contributed by atoms with Crippen LogP contribution in [-0.2, 0) is 16.0 Å². The van der Waals surface area contributed by atoms with E-state index < -0.39 is 0 Å². The van der Waals surface area contributed by atoms with Gasteiger partial charge in [0.05, 0.1) is 0 Å². The summed E-state index contributed by atoms with van der Waals surface area (Å²) in [6, 6.07) is 15.4. The van der Waals surface area contributed by atoms with E-state index >= 15 is 0 Å². The molecule has 2 heterocycles. The van der Waals surface area contributed by atoms with E-state index in [9.17, 15) is 4.79 Å². The molecule has 0 bridgehead atoms. The van der Waals surface area contributed by atoms with Gasteiger partial charge in [-0.2, -0.15) is 0 Å². The number of hydrogen-bond donors (Lipinski definition) is 0. The van der Waals surface area contributed by atoms with Crippen LogP contribution >= 0.6 is 11.8 Å². The van der Waals surface area contributed by atoms with Gasteiger partial charge in [-0.1, -0.05) is 73.5 Å². The third kappa shape index (κ3) is 3.85. The van der Waals surface area contributed by atoms with E-state index in [1.807, 2.05) is 6.92 Å². The molecule has 5 nitrogen and oxygen atoms in total. The van der Waals surface area contributed by atoms with Gasteiger partial charge in [-0.3, -0.25) is 4.79 Å². The first-order chi connectivity index (χ1) is 14.7. The number of thioether (sulfide) groups is 1. The van der Waals surface area contributed by atoms with Gasteiger partial charge in [-0.05, 0) is 36.1 Å². The molecule has 5 rings (SSSR count). The van der Waals surface area contributed by atoms with Crippen molar-refractivity contribution < 1.29 is 9.53 Å². The lowest BCUT2D eigenvalue weighted by molar-refractivity contribution is -0.140. The summed E-state index contributed by atoms with van der Waals surface area (Å²) < 4.78 is 7.70. The Kier molecular flexibility index (Phi) is 5.50. The van der Waals surface area contributed by atoms with Crippen LogP contribution in [0.25, 0.3) is 10.8 Å². The summed E-state index contributed by atoms with van der Waals surface area (Å²) in [5.41, 5.74) is 1.27. The van der Waals surface area contributed by atoms with Gasteiger partial charge in [-0.25, -0.2) is 0 Å². The molecule has 6 heteroatoms. The minimum Gasteiger partial charge on any atom is -0.462 e. The third-order valence-electron chi connectivity index (χ3n) is 6.28. The molecular weight excluding hydrogens is 394 g/mol. The molecule has 2 aromatic carbocycles. The van der Waals surface area contributed by atoms with Gasteiger partial charge in [0.15, 0.2) is 5.16 Å². The number of hydrogen-bond acceptors (Lipinski definition) is 5. The van der Waals surface area contributed by atoms with Crippen LogP contribution < -0.4 is 0 Å². The Hall–Kier alpha value is -2.34. The molecule has 30 heavy (non-hydrogen) atoms. The molecular formula is C24H27N3O2S. The minimum absolute atomic E-state index is 0.0174. The first-order valence-corrected chi connectivity index (χ1v) is 11.8. The first kappa shape index (κ1) is 19.6. The number of rotatable bonds is 5. The van der Waals surface area contributed by atoms with Crippen LogP contribution in [0.3, 0.4) is 0 Å². The fourth-order valence-electron chi connectivity index (χ4n) is 4.77. The van der Waals surface area contributed by atoms with Crippen molar-refractivity contribution >= 4 is 28.5 Å². The predicted octanol–water partition coefficient (Wildman–Crippen LogP) is 5.32. The number of aromatic nitrogens is 3. The Bertz CT molecular complexity index is 1050. The average Bonchev–Trinajstić information content (AvgIpc) is 3.31. The molecule has 2 fully saturated rings. The second-order valence-corrected chi connectivity index (χ2v) is 9.64. The highest BCUT2D eigenvalue weighted by atomic mass is 32.2. The highest BCUT2D eigenvalue weighted by Gasteiger charge is 2.35. The number of nitrogens with zero attached hydrogens (tertiary/aromatic N) is 3. The second-order valence-electron chi connectivity index (χ2n) is 8.47. The van der Waals surface area contributed by atoms with Crippen LogP contribution in [0.4, 0.5) is 0 Å². The van der Waals surface area contributed by atoms with Gasteiger partial charge in [0.25, 0.3) is 0 Å². The summed E-state index contributed by atoms with van der Waals surface area (Å²) in [7, 11) is 0. The summed E-state index contributed by atoms with van der Waals surface area (Å²) in [6.45, 7) is 1.95. The second kappa shape index (κ2) is 8.42. The maximum atomic E-state index is 12.2. The highest BCUT2D eigenvalue weighted by Crippen LogP contribution is 2.37. The lowest BCUT2D eigenvalue weighted by Crippen LogP contribution is -2.18. The summed E-state index contributed by atoms with van der Waals surface area (Å²) >= 11 is 1.53. The monoisotopic (exact) mass is 421 g/mol. The van der Waals surface area contributed by atoms with Crippen LogP contribution in [-0.4, -0.2) is 32.1 Å². The van der Waals surface area contributed by atoms with Gasteiger partial charge in [0.1, 0.15) is 17.2 Å². The summed E-state index contributed by atoms with van der Waals surface area (Å²) in [6.07, 6.45) is 7.55. The van der Waals surface area contributed by atoms with Gasteiger partial charge in [0, 0.05) is 18.9 Å². The van der Waals surface area contributed by atoms with Crippen molar-refractivity contribution in [3.05, 3.63) is 53.9 Å². The van der Waals surface area contributed by atoms with Crippen LogP contribution in [0.15, 0.2) is 47.6 Å². The van der Waals surface area contributed by atoms with E-state index in [-0.39, 0.29) is 17.3 Å². The lowest BCUT2D eigenvalue weighted by atomic mass is 9.95. The number of carbonyl (C=O) groups excluding carboxylic acids is 1. The van der Waals surface area contributed by atoms with E-state index in [1.165, 1.54) is 47.4 Å². The van der Waals surface area contributed by atoms with Gasteiger partial charge in [-0.15, -0.1) is 10.2 Å². The van der Waals surface area contributed by atoms with Crippen LogP contribution in [0, 0.1) is 0 Å². The first-order valence-electron chi connectivity index (χ1n) is 11.0. The standard InChI is InChI=1S/C24H27N3O2S/c1-16-14-21(23(28)29-16)30-24-26-25-22(27(24)19-11-3-2-4-12-19)15-18-10-7-9-17-8-5-6-13-20(17)18/h5-10,13,16,19,21H,2-4,11-12,14-15H2,1H3/t16-,21-/m0/s1. The fraction of sp³-hybridized carbons (Fsp3) is 0.458. The van der Waals surface area contributed by atoms with Crippen molar-refractivity contribution in [1.29, 1.82) is 0 Å². The van der Waals surface area contributed by atoms with Crippen LogP contribution in [0.5, 0.6) is 0 Å². The van der Waals surface area contributed by atoms with E-state index in [0.29, 0.717) is 6.04 Å². The third-order valence-corrected chi connectivity index (χ3v) is 7.44. The van der Waals surface area contributed by atoms with Gasteiger partial charge >= 0.3 is 5.97 Å². The molecule has 2 atom stereocenters. The van der Waals surface area contributed by atoms with Crippen molar-refractivity contribution in [2.75, 3.05) is 0 Å². The average molecular weight is 422 g/mol. The quantitative estimate of drug-likeness (QED) is 0.522. The normalized spacial score (nSPS) is 22.5. The Morgan fingerprint density at radius 3 is 2.67 bits per heavy atom. The molecule has 1 saturated heterocycles. The molecule has 1 aliphatic heterocycles. The summed E-state index contributed by atoms with van der Waals surface area (Å²) in [5, 5.41) is 12.4. The maximum Gasteiger partial charge on any atom is 0.319 e. The SMILES string of the molecule is C[C@H]1C[C@H](Sc2nnc(Cc3cccc4ccccc34)n2C2CCCCC2)C(=O)O1. The number of ether oxygens (including phenoxy) is 1. The summed E-state index contributed by atoms with van der Waals surface area (Å²) in [4.78, 5) is 12.2. The highest BCUT2D eigenvalue weighted by molar-refractivity contribution is 8.00. The molecule has 0 unspecified atom stereocenters. The number of fused-ring (bicyclic) bond motifs is 1. The molecule has 1 aliphatic carbocycles. The largest absolute Gasteiger partial charge is 0.462 e. The van der Waals surface area contributed by atoms with Crippen molar-refractivity contribution in [2.45, 2.75) is 74.4 Å². The molecule has 3 aromatic rings. The molecule has 1 saturated carbocycles. The fourth-order valence-corrected chi connectivity index (χ4v) is 6.00. The van der Waals surface area contributed by atoms with Crippen molar-refractivity contribution in [3.63, 3.8) is 0 Å². The zero-order valence-electron chi connectivity index (χ0n) is 17.3. The van der Waals surface area contributed by atoms with Gasteiger partial charge < -0.3 is 9.30 Å². The van der Waals surface area contributed by atoms with Crippen LogP contribution in [0.1, 0.15) is 62.9 Å². The number of carbonyl (C=O) groups is 1. The molecule has 0 spiro atoms. The zero-order valence-corrected chi connectivity index (χ0v) is 18.1. The molecule has 0 amide bonds. The Balaban J connectivity index is 1.49. The lowest BCUT2D eigenvalue weighted by Gasteiger charge is -2.26. The van der Waals surface area contributed by atoms with E-state index in [1.54, 1.807) is 0 Å². The zero-order chi connectivity index (χ0) is 20.5. The van der Waals surface area contributed by atoms with E-state index in [2.05, 4.69) is 57.2 Å². The molecule has 2 aliphatic rings. The molecule has 1 aromatic heterocycles. The smallest absolute Gasteiger partial charge is 0.319 e. The topological polar surface area (TPSA) is 57.0 Å². The maximum absolute atomic E-state index is 12.2. The molecule has 0 N–H and O–H groups in total. The van der Waals surface area contributed by atoms with Crippen molar-refractivity contribution in [1.82, 2.24) is 14.8 Å². The van der Waals surface area contributed by atoms with E-state index in [0.717, 1.165) is 36.7 Å². The Morgan fingerprint density at radius 1 is 1.07 bits per heavy atom. The number of benzene rings is 2. The molecule has 0 radical (unpaired) electrons. The number of cyclic esters (lactones) is 1. The predicted molar refractivity (Wildman–Crippen MR) is 119 cm³/mol. The number of esters is 1. The van der Waals surface area contributed by atoms with Gasteiger partial charge in [0.2, 0.25) is 0 Å². The van der Waals surface area contributed by atoms with Crippen LogP contribution in [0.2, 0.25) is 0 Å². The van der Waals surface area contributed by atoms with Crippen molar-refractivity contribution in [2.24, 2.45) is 0 Å².